The fraction of sp³-hybridized carbons (Fsp3) is 1.00. The van der Waals surface area contributed by atoms with Crippen LogP contribution in [0.25, 0.3) is 0 Å². The Morgan fingerprint density at radius 2 is 2.17 bits per heavy atom. The van der Waals surface area contributed by atoms with E-state index in [0.29, 0.717) is 5.92 Å². The molecule has 4 heteroatoms. The van der Waals surface area contributed by atoms with Crippen molar-refractivity contribution in [1.82, 2.24) is 4.90 Å². The number of halogens is 2. The highest BCUT2D eigenvalue weighted by Gasteiger charge is 2.52. The maximum atomic E-state index is 9.26. The van der Waals surface area contributed by atoms with E-state index in [2.05, 4.69) is 4.90 Å². The van der Waals surface area contributed by atoms with E-state index in [1.807, 2.05) is 0 Å². The minimum absolute atomic E-state index is 0.135. The predicted octanol–water partition coefficient (Wildman–Crippen LogP) is 1.25. The van der Waals surface area contributed by atoms with Gasteiger partial charge < -0.3 is 10.0 Å². The molecule has 0 aromatic heterocycles. The molecule has 0 aromatic rings. The number of aliphatic hydroxyl groups excluding tert-OH is 1. The van der Waals surface area contributed by atoms with Gasteiger partial charge in [-0.1, -0.05) is 0 Å². The maximum Gasteiger partial charge on any atom is 0.122 e. The van der Waals surface area contributed by atoms with Crippen molar-refractivity contribution in [2.45, 2.75) is 23.3 Å². The molecule has 0 aromatic carbocycles. The molecule has 1 heterocycles. The number of β-amino-alcohol motifs (C(OH)–C–C–N with tert-alkyl or cyclic N) is 1. The summed E-state index contributed by atoms with van der Waals surface area (Å²) in [6, 6.07) is 0. The number of likely N-dealkylation sites (tertiary alicyclic amines) is 1. The van der Waals surface area contributed by atoms with Gasteiger partial charge in [-0.25, -0.2) is 0 Å². The number of rotatable bonds is 2. The largest absolute Gasteiger partial charge is 0.392 e. The Hall–Kier alpha value is 0.500. The van der Waals surface area contributed by atoms with E-state index < -0.39 is 4.33 Å². The average molecular weight is 210 g/mol. The van der Waals surface area contributed by atoms with E-state index in [1.54, 1.807) is 0 Å². The third-order valence-corrected chi connectivity index (χ3v) is 3.61. The van der Waals surface area contributed by atoms with Crippen LogP contribution in [-0.2, 0) is 0 Å². The fourth-order valence-corrected chi connectivity index (χ4v) is 2.27. The first-order chi connectivity index (χ1) is 5.58. The van der Waals surface area contributed by atoms with E-state index in [4.69, 9.17) is 23.2 Å². The molecular weight excluding hydrogens is 197 g/mol. The van der Waals surface area contributed by atoms with Crippen LogP contribution in [0.15, 0.2) is 0 Å². The van der Waals surface area contributed by atoms with Crippen LogP contribution in [0.4, 0.5) is 0 Å². The first-order valence-electron chi connectivity index (χ1n) is 4.36. The van der Waals surface area contributed by atoms with Crippen LogP contribution in [0.5, 0.6) is 0 Å². The molecule has 2 nitrogen and oxygen atoms in total. The SMILES string of the molecule is O[C@@H]1CCN(CC2CC2(Cl)Cl)C1. The van der Waals surface area contributed by atoms with Crippen molar-refractivity contribution in [3.8, 4) is 0 Å². The lowest BCUT2D eigenvalue weighted by Gasteiger charge is -2.14. The monoisotopic (exact) mass is 209 g/mol. The number of hydrogen-bond donors (Lipinski definition) is 1. The molecule has 0 amide bonds. The zero-order valence-corrected chi connectivity index (χ0v) is 8.35. The van der Waals surface area contributed by atoms with Crippen molar-refractivity contribution in [3.63, 3.8) is 0 Å². The molecule has 1 aliphatic carbocycles. The Kier molecular flexibility index (Phi) is 2.28. The van der Waals surface area contributed by atoms with Crippen LogP contribution in [0.2, 0.25) is 0 Å². The summed E-state index contributed by atoms with van der Waals surface area (Å²) in [7, 11) is 0. The number of hydrogen-bond acceptors (Lipinski definition) is 2. The molecular formula is C8H13Cl2NO. The van der Waals surface area contributed by atoms with Crippen LogP contribution >= 0.6 is 23.2 Å². The molecule has 1 saturated heterocycles. The number of alkyl halides is 2. The first-order valence-corrected chi connectivity index (χ1v) is 5.12. The van der Waals surface area contributed by atoms with Gasteiger partial charge in [-0.15, -0.1) is 23.2 Å². The van der Waals surface area contributed by atoms with E-state index >= 15 is 0 Å². The van der Waals surface area contributed by atoms with Crippen LogP contribution in [0, 0.1) is 5.92 Å². The second-order valence-corrected chi connectivity index (χ2v) is 5.41. The van der Waals surface area contributed by atoms with Crippen molar-refractivity contribution in [2.75, 3.05) is 19.6 Å². The van der Waals surface area contributed by atoms with E-state index in [9.17, 15) is 5.11 Å². The van der Waals surface area contributed by atoms with Gasteiger partial charge >= 0.3 is 0 Å². The smallest absolute Gasteiger partial charge is 0.122 e. The van der Waals surface area contributed by atoms with Crippen molar-refractivity contribution >= 4 is 23.2 Å². The van der Waals surface area contributed by atoms with Gasteiger partial charge in [0.2, 0.25) is 0 Å². The van der Waals surface area contributed by atoms with Gasteiger partial charge in [0.25, 0.3) is 0 Å². The zero-order valence-electron chi connectivity index (χ0n) is 6.84. The van der Waals surface area contributed by atoms with Gasteiger partial charge in [-0.3, -0.25) is 0 Å². The minimum atomic E-state index is -0.465. The second-order valence-electron chi connectivity index (χ2n) is 3.86. The van der Waals surface area contributed by atoms with E-state index in [-0.39, 0.29) is 6.10 Å². The second kappa shape index (κ2) is 3.02. The topological polar surface area (TPSA) is 23.5 Å². The Morgan fingerprint density at radius 1 is 1.50 bits per heavy atom. The third-order valence-electron chi connectivity index (χ3n) is 2.68. The zero-order chi connectivity index (χ0) is 8.77. The number of nitrogens with zero attached hydrogens (tertiary/aromatic N) is 1. The van der Waals surface area contributed by atoms with Gasteiger partial charge in [-0.2, -0.15) is 0 Å². The normalized spacial score (nSPS) is 40.2. The molecule has 1 unspecified atom stereocenters. The lowest BCUT2D eigenvalue weighted by Crippen LogP contribution is -2.25. The fourth-order valence-electron chi connectivity index (χ4n) is 1.76. The predicted molar refractivity (Wildman–Crippen MR) is 49.6 cm³/mol. The Morgan fingerprint density at radius 3 is 2.58 bits per heavy atom. The molecule has 0 radical (unpaired) electrons. The summed E-state index contributed by atoms with van der Waals surface area (Å²) < 4.78 is -0.465. The van der Waals surface area contributed by atoms with Crippen LogP contribution in [-0.4, -0.2) is 40.1 Å². The van der Waals surface area contributed by atoms with E-state index in [0.717, 1.165) is 32.5 Å². The minimum Gasteiger partial charge on any atom is -0.392 e. The summed E-state index contributed by atoms with van der Waals surface area (Å²) in [5, 5.41) is 9.26. The summed E-state index contributed by atoms with van der Waals surface area (Å²) in [5.74, 6) is 0.422. The molecule has 2 fully saturated rings. The van der Waals surface area contributed by atoms with Crippen molar-refractivity contribution < 1.29 is 5.11 Å². The third kappa shape index (κ3) is 1.87. The van der Waals surface area contributed by atoms with Gasteiger partial charge in [-0.05, 0) is 12.8 Å². The van der Waals surface area contributed by atoms with Crippen LogP contribution < -0.4 is 0 Å². The lowest BCUT2D eigenvalue weighted by molar-refractivity contribution is 0.175. The van der Waals surface area contributed by atoms with Crippen molar-refractivity contribution in [1.29, 1.82) is 0 Å². The molecule has 1 N–H and O–H groups in total. The summed E-state index contributed by atoms with van der Waals surface area (Å²) in [6.07, 6.45) is 1.66. The molecule has 2 atom stereocenters. The Bertz CT molecular complexity index is 186. The molecule has 2 rings (SSSR count). The molecule has 1 aliphatic heterocycles. The summed E-state index contributed by atoms with van der Waals surface area (Å²) in [4.78, 5) is 2.24. The standard InChI is InChI=1S/C8H13Cl2NO/c9-8(10)3-6(8)4-11-2-1-7(12)5-11/h6-7,12H,1-5H2/t6?,7-/m1/s1. The van der Waals surface area contributed by atoms with Crippen LogP contribution in [0.3, 0.4) is 0 Å². The maximum absolute atomic E-state index is 9.26. The molecule has 0 spiro atoms. The summed E-state index contributed by atoms with van der Waals surface area (Å²) in [6.45, 7) is 2.73. The van der Waals surface area contributed by atoms with Gasteiger partial charge in [0, 0.05) is 25.6 Å². The molecule has 1 saturated carbocycles. The number of aliphatic hydroxyl groups is 1. The lowest BCUT2D eigenvalue weighted by atomic mass is 10.3. The van der Waals surface area contributed by atoms with Gasteiger partial charge in [0.15, 0.2) is 0 Å². The highest BCUT2D eigenvalue weighted by molar-refractivity contribution is 6.50. The average Bonchev–Trinajstić information content (AvgIpc) is 2.41. The molecule has 2 aliphatic rings. The summed E-state index contributed by atoms with van der Waals surface area (Å²) >= 11 is 11.8. The highest BCUT2D eigenvalue weighted by atomic mass is 35.5. The molecule has 12 heavy (non-hydrogen) atoms. The quantitative estimate of drug-likeness (QED) is 0.693. The molecule has 0 bridgehead atoms. The Labute approximate surface area is 82.4 Å². The highest BCUT2D eigenvalue weighted by Crippen LogP contribution is 2.53. The summed E-state index contributed by atoms with van der Waals surface area (Å²) in [5.41, 5.74) is 0. The van der Waals surface area contributed by atoms with Crippen molar-refractivity contribution in [3.05, 3.63) is 0 Å². The van der Waals surface area contributed by atoms with Gasteiger partial charge in [0.1, 0.15) is 4.33 Å². The Balaban J connectivity index is 1.75. The van der Waals surface area contributed by atoms with Crippen LogP contribution in [0.1, 0.15) is 12.8 Å². The first kappa shape index (κ1) is 9.07. The van der Waals surface area contributed by atoms with E-state index in [1.165, 1.54) is 0 Å². The van der Waals surface area contributed by atoms with Gasteiger partial charge in [0.05, 0.1) is 6.10 Å². The van der Waals surface area contributed by atoms with Crippen molar-refractivity contribution in [2.24, 2.45) is 5.92 Å². The molecule has 70 valence electrons.